The lowest BCUT2D eigenvalue weighted by molar-refractivity contribution is 0.104. The fourth-order valence-corrected chi connectivity index (χ4v) is 2.00. The summed E-state index contributed by atoms with van der Waals surface area (Å²) >= 11 is 0. The van der Waals surface area contributed by atoms with Crippen LogP contribution in [0.4, 0.5) is 0 Å². The van der Waals surface area contributed by atoms with Gasteiger partial charge in [0.2, 0.25) is 0 Å². The third-order valence-corrected chi connectivity index (χ3v) is 3.09. The van der Waals surface area contributed by atoms with Gasteiger partial charge >= 0.3 is 0 Å². The summed E-state index contributed by atoms with van der Waals surface area (Å²) in [7, 11) is 3.65. The first-order valence-electron chi connectivity index (χ1n) is 5.81. The second-order valence-electron chi connectivity index (χ2n) is 4.25. The quantitative estimate of drug-likeness (QED) is 0.591. The standard InChI is InChI=1S/C14H17NO2/c1-15-9-3-4-12(15)10-14(16)11-5-7-13(17-2)8-6-11/h5-8,10H,3-4,9H2,1-2H3/b12-10-. The lowest BCUT2D eigenvalue weighted by atomic mass is 10.1. The maximum Gasteiger partial charge on any atom is 0.187 e. The lowest BCUT2D eigenvalue weighted by Gasteiger charge is -2.11. The predicted octanol–water partition coefficient (Wildman–Crippen LogP) is 2.49. The van der Waals surface area contributed by atoms with E-state index in [-0.39, 0.29) is 5.78 Å². The van der Waals surface area contributed by atoms with Gasteiger partial charge in [0, 0.05) is 30.9 Å². The molecule has 1 saturated heterocycles. The van der Waals surface area contributed by atoms with Crippen LogP contribution in [0.25, 0.3) is 0 Å². The molecule has 2 rings (SSSR count). The molecule has 0 N–H and O–H groups in total. The van der Waals surface area contributed by atoms with Gasteiger partial charge in [-0.15, -0.1) is 0 Å². The number of hydrogen-bond acceptors (Lipinski definition) is 3. The molecule has 0 radical (unpaired) electrons. The monoisotopic (exact) mass is 231 g/mol. The van der Waals surface area contributed by atoms with E-state index in [1.54, 1.807) is 25.3 Å². The minimum Gasteiger partial charge on any atom is -0.497 e. The van der Waals surface area contributed by atoms with E-state index < -0.39 is 0 Å². The average molecular weight is 231 g/mol. The van der Waals surface area contributed by atoms with Gasteiger partial charge in [0.15, 0.2) is 5.78 Å². The van der Waals surface area contributed by atoms with Crippen LogP contribution in [0.15, 0.2) is 36.0 Å². The second-order valence-corrected chi connectivity index (χ2v) is 4.25. The van der Waals surface area contributed by atoms with Gasteiger partial charge in [-0.3, -0.25) is 4.79 Å². The largest absolute Gasteiger partial charge is 0.497 e. The summed E-state index contributed by atoms with van der Waals surface area (Å²) in [5, 5.41) is 0. The molecule has 1 aromatic rings. The highest BCUT2D eigenvalue weighted by Gasteiger charge is 2.14. The summed E-state index contributed by atoms with van der Waals surface area (Å²) in [6, 6.07) is 7.22. The molecule has 0 atom stereocenters. The Morgan fingerprint density at radius 3 is 2.59 bits per heavy atom. The molecule has 0 saturated carbocycles. The van der Waals surface area contributed by atoms with Crippen LogP contribution in [-0.4, -0.2) is 31.4 Å². The molecule has 0 unspecified atom stereocenters. The first-order valence-corrected chi connectivity index (χ1v) is 5.81. The zero-order valence-corrected chi connectivity index (χ0v) is 10.3. The molecular formula is C14H17NO2. The van der Waals surface area contributed by atoms with Gasteiger partial charge in [0.1, 0.15) is 5.75 Å². The molecule has 1 heterocycles. The van der Waals surface area contributed by atoms with Crippen LogP contribution in [0.2, 0.25) is 0 Å². The number of carbonyl (C=O) groups is 1. The molecule has 0 spiro atoms. The van der Waals surface area contributed by atoms with Crippen LogP contribution in [0.3, 0.4) is 0 Å². The van der Waals surface area contributed by atoms with Crippen molar-refractivity contribution < 1.29 is 9.53 Å². The minimum atomic E-state index is 0.0661. The van der Waals surface area contributed by atoms with Gasteiger partial charge in [0.25, 0.3) is 0 Å². The van der Waals surface area contributed by atoms with Crippen molar-refractivity contribution in [3.05, 3.63) is 41.6 Å². The number of likely N-dealkylation sites (tertiary alicyclic amines) is 1. The Bertz CT molecular complexity index is 434. The Morgan fingerprint density at radius 1 is 1.35 bits per heavy atom. The van der Waals surface area contributed by atoms with Crippen molar-refractivity contribution >= 4 is 5.78 Å². The number of hydrogen-bond donors (Lipinski definition) is 0. The van der Waals surface area contributed by atoms with E-state index >= 15 is 0 Å². The first-order chi connectivity index (χ1) is 8.20. The Labute approximate surface area is 102 Å². The smallest absolute Gasteiger partial charge is 0.187 e. The minimum absolute atomic E-state index is 0.0661. The maximum atomic E-state index is 12.0. The fourth-order valence-electron chi connectivity index (χ4n) is 2.00. The molecule has 0 amide bonds. The van der Waals surface area contributed by atoms with E-state index in [2.05, 4.69) is 4.90 Å². The zero-order chi connectivity index (χ0) is 12.3. The number of benzene rings is 1. The number of ether oxygens (including phenoxy) is 1. The van der Waals surface area contributed by atoms with Crippen molar-refractivity contribution in [2.24, 2.45) is 0 Å². The molecule has 0 aromatic heterocycles. The molecule has 1 aliphatic heterocycles. The highest BCUT2D eigenvalue weighted by Crippen LogP contribution is 2.20. The number of nitrogens with zero attached hydrogens (tertiary/aromatic N) is 1. The lowest BCUT2D eigenvalue weighted by Crippen LogP contribution is -2.11. The molecule has 0 bridgehead atoms. The maximum absolute atomic E-state index is 12.0. The second kappa shape index (κ2) is 5.04. The zero-order valence-electron chi connectivity index (χ0n) is 10.3. The summed E-state index contributed by atoms with van der Waals surface area (Å²) < 4.78 is 5.06. The van der Waals surface area contributed by atoms with Crippen molar-refractivity contribution in [2.75, 3.05) is 20.7 Å². The van der Waals surface area contributed by atoms with E-state index in [1.807, 2.05) is 19.2 Å². The van der Waals surface area contributed by atoms with E-state index in [0.717, 1.165) is 30.8 Å². The van der Waals surface area contributed by atoms with Crippen LogP contribution in [0.5, 0.6) is 5.75 Å². The molecular weight excluding hydrogens is 214 g/mol. The summed E-state index contributed by atoms with van der Waals surface area (Å²) in [5.41, 5.74) is 1.84. The number of allylic oxidation sites excluding steroid dienone is 2. The Balaban J connectivity index is 2.14. The molecule has 90 valence electrons. The molecule has 3 heteroatoms. The number of carbonyl (C=O) groups excluding carboxylic acids is 1. The normalized spacial score (nSPS) is 17.5. The van der Waals surface area contributed by atoms with Gasteiger partial charge in [-0.1, -0.05) is 0 Å². The highest BCUT2D eigenvalue weighted by atomic mass is 16.5. The van der Waals surface area contributed by atoms with Crippen molar-refractivity contribution in [1.82, 2.24) is 4.90 Å². The third-order valence-electron chi connectivity index (χ3n) is 3.09. The van der Waals surface area contributed by atoms with E-state index in [1.165, 1.54) is 0 Å². The van der Waals surface area contributed by atoms with Crippen molar-refractivity contribution in [3.8, 4) is 5.75 Å². The van der Waals surface area contributed by atoms with Crippen molar-refractivity contribution in [3.63, 3.8) is 0 Å². The van der Waals surface area contributed by atoms with Gasteiger partial charge in [0.05, 0.1) is 7.11 Å². The summed E-state index contributed by atoms with van der Waals surface area (Å²) in [4.78, 5) is 14.1. The molecule has 17 heavy (non-hydrogen) atoms. The van der Waals surface area contributed by atoms with E-state index in [0.29, 0.717) is 5.56 Å². The predicted molar refractivity (Wildman–Crippen MR) is 67.3 cm³/mol. The van der Waals surface area contributed by atoms with Crippen LogP contribution in [0.1, 0.15) is 23.2 Å². The number of methoxy groups -OCH3 is 1. The average Bonchev–Trinajstić information content (AvgIpc) is 2.75. The summed E-state index contributed by atoms with van der Waals surface area (Å²) in [5.74, 6) is 0.837. The molecule has 1 fully saturated rings. The highest BCUT2D eigenvalue weighted by molar-refractivity contribution is 6.04. The molecule has 3 nitrogen and oxygen atoms in total. The Hall–Kier alpha value is -1.77. The third kappa shape index (κ3) is 2.67. The molecule has 1 aliphatic rings. The van der Waals surface area contributed by atoms with Crippen molar-refractivity contribution in [1.29, 1.82) is 0 Å². The SMILES string of the molecule is COc1ccc(C(=O)/C=C2/CCCN2C)cc1. The van der Waals surface area contributed by atoms with Crippen LogP contribution < -0.4 is 4.74 Å². The Morgan fingerprint density at radius 2 is 2.06 bits per heavy atom. The van der Waals surface area contributed by atoms with Gasteiger partial charge in [-0.05, 0) is 37.1 Å². The van der Waals surface area contributed by atoms with E-state index in [9.17, 15) is 4.79 Å². The number of rotatable bonds is 3. The van der Waals surface area contributed by atoms with E-state index in [4.69, 9.17) is 4.74 Å². The first kappa shape index (κ1) is 11.7. The summed E-state index contributed by atoms with van der Waals surface area (Å²) in [6.07, 6.45) is 3.88. The van der Waals surface area contributed by atoms with Crippen LogP contribution in [-0.2, 0) is 0 Å². The Kier molecular flexibility index (Phi) is 3.47. The van der Waals surface area contributed by atoms with Crippen molar-refractivity contribution in [2.45, 2.75) is 12.8 Å². The van der Waals surface area contributed by atoms with Crippen LogP contribution >= 0.6 is 0 Å². The van der Waals surface area contributed by atoms with Crippen LogP contribution in [0, 0.1) is 0 Å². The van der Waals surface area contributed by atoms with Gasteiger partial charge in [-0.25, -0.2) is 0 Å². The fraction of sp³-hybridized carbons (Fsp3) is 0.357. The molecule has 0 aliphatic carbocycles. The van der Waals surface area contributed by atoms with Gasteiger partial charge in [-0.2, -0.15) is 0 Å². The number of ketones is 1. The van der Waals surface area contributed by atoms with Gasteiger partial charge < -0.3 is 9.64 Å². The summed E-state index contributed by atoms with van der Waals surface area (Å²) in [6.45, 7) is 1.04. The molecule has 1 aromatic carbocycles. The topological polar surface area (TPSA) is 29.5 Å².